The van der Waals surface area contributed by atoms with Crippen molar-refractivity contribution in [1.29, 1.82) is 0 Å². The van der Waals surface area contributed by atoms with Crippen LogP contribution in [0.25, 0.3) is 22.2 Å². The Balaban J connectivity index is 1.57. The maximum absolute atomic E-state index is 5.72. The molecule has 2 N–H and O–H groups in total. The van der Waals surface area contributed by atoms with Crippen molar-refractivity contribution in [3.8, 4) is 0 Å². The highest BCUT2D eigenvalue weighted by Gasteiger charge is 2.10. The molecule has 4 aromatic rings. The molecule has 0 aliphatic rings. The second kappa shape index (κ2) is 4.82. The molecular formula is C15H11N3O2S. The fourth-order valence-corrected chi connectivity index (χ4v) is 2.77. The van der Waals surface area contributed by atoms with Gasteiger partial charge in [0.25, 0.3) is 5.22 Å². The van der Waals surface area contributed by atoms with Crippen molar-refractivity contribution < 1.29 is 8.83 Å². The third-order valence-electron chi connectivity index (χ3n) is 3.05. The van der Waals surface area contributed by atoms with Gasteiger partial charge in [-0.1, -0.05) is 23.9 Å². The molecule has 5 nitrogen and oxygen atoms in total. The first kappa shape index (κ1) is 12.3. The molecule has 21 heavy (non-hydrogen) atoms. The summed E-state index contributed by atoms with van der Waals surface area (Å²) in [5.74, 6) is 1.18. The second-order valence-corrected chi connectivity index (χ2v) is 5.50. The number of fused-ring (bicyclic) bond motifs is 2. The SMILES string of the molecule is Nc1ccc2nc(CSc3nc4ccccc4o3)oc2c1. The molecule has 104 valence electrons. The number of benzene rings is 2. The molecule has 0 amide bonds. The van der Waals surface area contributed by atoms with E-state index in [1.165, 1.54) is 11.8 Å². The molecule has 2 aromatic heterocycles. The molecule has 0 saturated carbocycles. The number of nitrogen functional groups attached to an aromatic ring is 1. The van der Waals surface area contributed by atoms with Crippen LogP contribution in [0.15, 0.2) is 56.5 Å². The zero-order valence-electron chi connectivity index (χ0n) is 10.9. The lowest BCUT2D eigenvalue weighted by molar-refractivity contribution is 0.487. The van der Waals surface area contributed by atoms with Gasteiger partial charge < -0.3 is 14.6 Å². The summed E-state index contributed by atoms with van der Waals surface area (Å²) in [5, 5.41) is 0.609. The topological polar surface area (TPSA) is 78.1 Å². The first-order chi connectivity index (χ1) is 10.3. The first-order valence-corrected chi connectivity index (χ1v) is 7.40. The van der Waals surface area contributed by atoms with Gasteiger partial charge in [0, 0.05) is 11.8 Å². The van der Waals surface area contributed by atoms with Crippen LogP contribution in [0.4, 0.5) is 5.69 Å². The van der Waals surface area contributed by atoms with Gasteiger partial charge in [-0.2, -0.15) is 0 Å². The highest BCUT2D eigenvalue weighted by atomic mass is 32.2. The molecule has 0 aliphatic heterocycles. The molecule has 2 aromatic carbocycles. The quantitative estimate of drug-likeness (QED) is 0.457. The van der Waals surface area contributed by atoms with E-state index in [0.29, 0.717) is 28.1 Å². The second-order valence-electron chi connectivity index (χ2n) is 4.57. The van der Waals surface area contributed by atoms with Gasteiger partial charge >= 0.3 is 0 Å². The third-order valence-corrected chi connectivity index (χ3v) is 3.86. The fourth-order valence-electron chi connectivity index (χ4n) is 2.09. The van der Waals surface area contributed by atoms with E-state index in [4.69, 9.17) is 14.6 Å². The van der Waals surface area contributed by atoms with Crippen molar-refractivity contribution >= 4 is 39.6 Å². The van der Waals surface area contributed by atoms with Crippen LogP contribution >= 0.6 is 11.8 Å². The van der Waals surface area contributed by atoms with Crippen LogP contribution in [0.3, 0.4) is 0 Å². The average Bonchev–Trinajstić information content (AvgIpc) is 3.07. The maximum atomic E-state index is 5.72. The van der Waals surface area contributed by atoms with E-state index in [1.807, 2.05) is 36.4 Å². The van der Waals surface area contributed by atoms with Crippen LogP contribution in [0.1, 0.15) is 5.89 Å². The lowest BCUT2D eigenvalue weighted by Gasteiger charge is -1.90. The maximum Gasteiger partial charge on any atom is 0.257 e. The summed E-state index contributed by atoms with van der Waals surface area (Å²) < 4.78 is 11.3. The minimum atomic E-state index is 0.557. The van der Waals surface area contributed by atoms with E-state index in [1.54, 1.807) is 6.07 Å². The Bertz CT molecular complexity index is 896. The van der Waals surface area contributed by atoms with Crippen LogP contribution in [-0.2, 0) is 5.75 Å². The number of oxazole rings is 2. The van der Waals surface area contributed by atoms with Gasteiger partial charge in [0.2, 0.25) is 5.89 Å². The number of rotatable bonds is 3. The van der Waals surface area contributed by atoms with Crippen molar-refractivity contribution in [2.24, 2.45) is 0 Å². The molecule has 0 aliphatic carbocycles. The molecule has 0 bridgehead atoms. The van der Waals surface area contributed by atoms with Crippen LogP contribution in [0, 0.1) is 0 Å². The van der Waals surface area contributed by atoms with Gasteiger partial charge in [0.1, 0.15) is 11.0 Å². The number of hydrogen-bond donors (Lipinski definition) is 1. The van der Waals surface area contributed by atoms with Crippen molar-refractivity contribution in [2.75, 3.05) is 5.73 Å². The molecule has 6 heteroatoms. The van der Waals surface area contributed by atoms with Crippen LogP contribution < -0.4 is 5.73 Å². The molecule has 0 unspecified atom stereocenters. The van der Waals surface area contributed by atoms with Gasteiger partial charge in [-0.15, -0.1) is 0 Å². The Morgan fingerprint density at radius 3 is 2.71 bits per heavy atom. The Labute approximate surface area is 124 Å². The monoisotopic (exact) mass is 297 g/mol. The molecule has 0 atom stereocenters. The van der Waals surface area contributed by atoms with E-state index in [0.717, 1.165) is 16.6 Å². The summed E-state index contributed by atoms with van der Waals surface area (Å²) in [5.41, 5.74) is 9.52. The van der Waals surface area contributed by atoms with E-state index >= 15 is 0 Å². The summed E-state index contributed by atoms with van der Waals surface area (Å²) in [6, 6.07) is 13.1. The van der Waals surface area contributed by atoms with Gasteiger partial charge in [0.15, 0.2) is 11.2 Å². The standard InChI is InChI=1S/C15H11N3O2S/c16-9-5-6-11-13(7-9)19-14(17-11)8-21-15-18-10-3-1-2-4-12(10)20-15/h1-7H,8,16H2. The van der Waals surface area contributed by atoms with Gasteiger partial charge in [0.05, 0.1) is 5.75 Å². The molecule has 0 saturated heterocycles. The van der Waals surface area contributed by atoms with E-state index in [-0.39, 0.29) is 0 Å². The summed E-state index contributed by atoms with van der Waals surface area (Å²) in [7, 11) is 0. The molecule has 0 fully saturated rings. The van der Waals surface area contributed by atoms with Gasteiger partial charge in [-0.25, -0.2) is 9.97 Å². The first-order valence-electron chi connectivity index (χ1n) is 6.41. The number of para-hydroxylation sites is 2. The zero-order valence-corrected chi connectivity index (χ0v) is 11.8. The normalized spacial score (nSPS) is 11.4. The lowest BCUT2D eigenvalue weighted by atomic mass is 10.3. The number of hydrogen-bond acceptors (Lipinski definition) is 6. The zero-order chi connectivity index (χ0) is 14.2. The van der Waals surface area contributed by atoms with Crippen molar-refractivity contribution in [2.45, 2.75) is 11.0 Å². The fraction of sp³-hybridized carbons (Fsp3) is 0.0667. The van der Waals surface area contributed by atoms with E-state index < -0.39 is 0 Å². The number of nitrogens with two attached hydrogens (primary N) is 1. The summed E-state index contributed by atoms with van der Waals surface area (Å²) in [4.78, 5) is 8.81. The lowest BCUT2D eigenvalue weighted by Crippen LogP contribution is -1.81. The molecular weight excluding hydrogens is 286 g/mol. The van der Waals surface area contributed by atoms with E-state index in [9.17, 15) is 0 Å². The third kappa shape index (κ3) is 2.34. The van der Waals surface area contributed by atoms with Crippen molar-refractivity contribution in [1.82, 2.24) is 9.97 Å². The number of thioether (sulfide) groups is 1. The van der Waals surface area contributed by atoms with E-state index in [2.05, 4.69) is 9.97 Å². The minimum Gasteiger partial charge on any atom is -0.440 e. The van der Waals surface area contributed by atoms with Gasteiger partial charge in [-0.05, 0) is 24.3 Å². The predicted octanol–water partition coefficient (Wildman–Crippen LogP) is 3.84. The molecule has 0 spiro atoms. The highest BCUT2D eigenvalue weighted by molar-refractivity contribution is 7.98. The minimum absolute atomic E-state index is 0.557. The number of anilines is 1. The molecule has 2 heterocycles. The smallest absolute Gasteiger partial charge is 0.257 e. The Morgan fingerprint density at radius 2 is 1.81 bits per heavy atom. The van der Waals surface area contributed by atoms with Gasteiger partial charge in [-0.3, -0.25) is 0 Å². The number of aromatic nitrogens is 2. The molecule has 0 radical (unpaired) electrons. The van der Waals surface area contributed by atoms with Crippen LogP contribution in [0.5, 0.6) is 0 Å². The number of nitrogens with zero attached hydrogens (tertiary/aromatic N) is 2. The molecule has 4 rings (SSSR count). The Hall–Kier alpha value is -2.47. The van der Waals surface area contributed by atoms with Crippen LogP contribution in [-0.4, -0.2) is 9.97 Å². The Morgan fingerprint density at radius 1 is 0.952 bits per heavy atom. The Kier molecular flexibility index (Phi) is 2.82. The largest absolute Gasteiger partial charge is 0.440 e. The average molecular weight is 297 g/mol. The predicted molar refractivity (Wildman–Crippen MR) is 82.0 cm³/mol. The van der Waals surface area contributed by atoms with Crippen molar-refractivity contribution in [3.05, 3.63) is 48.4 Å². The summed E-state index contributed by atoms with van der Waals surface area (Å²) >= 11 is 1.45. The summed E-state index contributed by atoms with van der Waals surface area (Å²) in [6.07, 6.45) is 0. The van der Waals surface area contributed by atoms with Crippen LogP contribution in [0.2, 0.25) is 0 Å². The highest BCUT2D eigenvalue weighted by Crippen LogP contribution is 2.27. The van der Waals surface area contributed by atoms with Crippen molar-refractivity contribution in [3.63, 3.8) is 0 Å². The summed E-state index contributed by atoms with van der Waals surface area (Å²) in [6.45, 7) is 0.